The first-order chi connectivity index (χ1) is 12.3. The van der Waals surface area contributed by atoms with Crippen molar-refractivity contribution in [1.29, 1.82) is 0 Å². The van der Waals surface area contributed by atoms with Crippen LogP contribution in [0.3, 0.4) is 0 Å². The quantitative estimate of drug-likeness (QED) is 0.344. The van der Waals surface area contributed by atoms with Gasteiger partial charge in [0.15, 0.2) is 0 Å². The molecule has 5 nitrogen and oxygen atoms in total. The Kier molecular flexibility index (Phi) is 9.30. The van der Waals surface area contributed by atoms with Crippen LogP contribution in [0.1, 0.15) is 40.0 Å². The summed E-state index contributed by atoms with van der Waals surface area (Å²) < 4.78 is 0. The van der Waals surface area contributed by atoms with Crippen LogP contribution in [0.4, 0.5) is 16.2 Å². The van der Waals surface area contributed by atoms with Gasteiger partial charge in [0, 0.05) is 31.5 Å². The van der Waals surface area contributed by atoms with Crippen molar-refractivity contribution in [1.82, 2.24) is 5.06 Å². The molecule has 1 aromatic carbocycles. The lowest BCUT2D eigenvalue weighted by Crippen LogP contribution is -2.41. The van der Waals surface area contributed by atoms with Crippen molar-refractivity contribution in [3.63, 3.8) is 0 Å². The molecule has 0 saturated heterocycles. The number of thiocarbonyl (C=S) groups is 1. The highest BCUT2D eigenvalue weighted by Gasteiger charge is 2.21. The van der Waals surface area contributed by atoms with Crippen LogP contribution >= 0.6 is 12.2 Å². The molecule has 0 aliphatic carbocycles. The van der Waals surface area contributed by atoms with E-state index in [9.17, 15) is 4.79 Å². The Balaban J connectivity index is 3.24. The molecule has 0 spiro atoms. The fraction of sp³-hybridized carbons (Fsp3) is 0.500. The van der Waals surface area contributed by atoms with Crippen LogP contribution < -0.4 is 9.80 Å². The normalized spacial score (nSPS) is 10.3. The molecule has 6 heteroatoms. The molecule has 26 heavy (non-hydrogen) atoms. The third kappa shape index (κ3) is 6.11. The van der Waals surface area contributed by atoms with Crippen LogP contribution in [0.25, 0.3) is 0 Å². The van der Waals surface area contributed by atoms with Crippen LogP contribution in [0, 0.1) is 0 Å². The molecule has 0 saturated carbocycles. The van der Waals surface area contributed by atoms with Crippen molar-refractivity contribution in [3.8, 4) is 0 Å². The molecule has 1 rings (SSSR count). The number of benzene rings is 1. The lowest BCUT2D eigenvalue weighted by Gasteiger charge is -2.29. The van der Waals surface area contributed by atoms with E-state index in [1.54, 1.807) is 11.9 Å². The lowest BCUT2D eigenvalue weighted by atomic mass is 10.2. The molecule has 144 valence electrons. The minimum absolute atomic E-state index is 0.192. The molecule has 1 aromatic rings. The van der Waals surface area contributed by atoms with E-state index >= 15 is 0 Å². The molecule has 0 atom stereocenters. The first-order valence-corrected chi connectivity index (χ1v) is 9.40. The number of hydrogen-bond donors (Lipinski definition) is 0. The largest absolute Gasteiger partial charge is 0.348 e. The zero-order valence-electron chi connectivity index (χ0n) is 16.6. The summed E-state index contributed by atoms with van der Waals surface area (Å²) in [6, 6.07) is 7.71. The number of urea groups is 1. The number of nitrogens with zero attached hydrogens (tertiary/aromatic N) is 3. The maximum Gasteiger partial charge on any atom is 0.348 e. The van der Waals surface area contributed by atoms with Crippen molar-refractivity contribution in [2.24, 2.45) is 0 Å². The third-order valence-electron chi connectivity index (χ3n) is 3.99. The van der Waals surface area contributed by atoms with Crippen molar-refractivity contribution in [2.45, 2.75) is 40.0 Å². The van der Waals surface area contributed by atoms with E-state index in [-0.39, 0.29) is 6.03 Å². The zero-order chi connectivity index (χ0) is 19.7. The second-order valence-electron chi connectivity index (χ2n) is 6.28. The highest BCUT2D eigenvalue weighted by Crippen LogP contribution is 2.25. The number of unbranched alkanes of at least 4 members (excludes halogenated alkanes) is 1. The van der Waals surface area contributed by atoms with E-state index in [0.29, 0.717) is 13.1 Å². The number of carbonyl (C=O) groups is 1. The van der Waals surface area contributed by atoms with Gasteiger partial charge < -0.3 is 4.90 Å². The predicted molar refractivity (Wildman–Crippen MR) is 114 cm³/mol. The summed E-state index contributed by atoms with van der Waals surface area (Å²) in [4.78, 5) is 22.4. The highest BCUT2D eigenvalue weighted by atomic mass is 32.1. The number of carbonyl (C=O) groups excluding carboxylic acids is 1. The smallest absolute Gasteiger partial charge is 0.332 e. The van der Waals surface area contributed by atoms with Gasteiger partial charge in [0.25, 0.3) is 0 Å². The minimum Gasteiger partial charge on any atom is -0.332 e. The van der Waals surface area contributed by atoms with E-state index in [0.717, 1.165) is 41.2 Å². The van der Waals surface area contributed by atoms with Crippen LogP contribution in [0.15, 0.2) is 36.4 Å². The number of anilines is 2. The Labute approximate surface area is 163 Å². The van der Waals surface area contributed by atoms with Gasteiger partial charge in [-0.1, -0.05) is 50.7 Å². The number of amides is 2. The summed E-state index contributed by atoms with van der Waals surface area (Å²) in [5.41, 5.74) is 2.83. The standard InChI is InChI=1S/C20H31N3O2S/c1-7-9-13-22(20(24)21(5)25-6)17-11-10-12-18(14-17)23(15-16(3)4)19(26)8-2/h10-12,14H,3,7-9,13,15H2,1-2,4-6H3. The van der Waals surface area contributed by atoms with E-state index in [1.165, 1.54) is 12.2 Å². The van der Waals surface area contributed by atoms with Gasteiger partial charge in [0.1, 0.15) is 0 Å². The average Bonchev–Trinajstić information content (AvgIpc) is 2.65. The summed E-state index contributed by atoms with van der Waals surface area (Å²) >= 11 is 5.54. The Morgan fingerprint density at radius 1 is 1.23 bits per heavy atom. The first kappa shape index (κ1) is 22.1. The molecular weight excluding hydrogens is 346 g/mol. The van der Waals surface area contributed by atoms with Crippen molar-refractivity contribution in [2.75, 3.05) is 37.0 Å². The SMILES string of the molecule is C=C(C)CN(C(=S)CC)c1cccc(N(CCCC)C(=O)N(C)OC)c1. The second-order valence-corrected chi connectivity index (χ2v) is 6.75. The van der Waals surface area contributed by atoms with Crippen molar-refractivity contribution in [3.05, 3.63) is 36.4 Å². The van der Waals surface area contributed by atoms with Crippen LogP contribution in [-0.2, 0) is 4.84 Å². The molecule has 0 fully saturated rings. The van der Waals surface area contributed by atoms with Gasteiger partial charge in [0.2, 0.25) is 0 Å². The Morgan fingerprint density at radius 3 is 2.35 bits per heavy atom. The van der Waals surface area contributed by atoms with Gasteiger partial charge in [-0.25, -0.2) is 9.86 Å². The molecule has 0 heterocycles. The van der Waals surface area contributed by atoms with E-state index < -0.39 is 0 Å². The highest BCUT2D eigenvalue weighted by molar-refractivity contribution is 7.80. The van der Waals surface area contributed by atoms with E-state index in [2.05, 4.69) is 18.4 Å². The van der Waals surface area contributed by atoms with E-state index in [4.69, 9.17) is 17.1 Å². The molecule has 0 aliphatic heterocycles. The summed E-state index contributed by atoms with van der Waals surface area (Å²) in [6.45, 7) is 11.4. The maximum atomic E-state index is 12.7. The van der Waals surface area contributed by atoms with Gasteiger partial charge in [-0.3, -0.25) is 9.74 Å². The van der Waals surface area contributed by atoms with Crippen molar-refractivity contribution < 1.29 is 9.63 Å². The Bertz CT molecular complexity index is 633. The first-order valence-electron chi connectivity index (χ1n) is 8.99. The monoisotopic (exact) mass is 377 g/mol. The number of hydrogen-bond acceptors (Lipinski definition) is 3. The maximum absolute atomic E-state index is 12.7. The van der Waals surface area contributed by atoms with Gasteiger partial charge in [-0.2, -0.15) is 0 Å². The Hall–Kier alpha value is -1.92. The molecule has 0 bridgehead atoms. The van der Waals surface area contributed by atoms with Gasteiger partial charge in [-0.15, -0.1) is 0 Å². The van der Waals surface area contributed by atoms with Gasteiger partial charge in [0.05, 0.1) is 12.1 Å². The fourth-order valence-electron chi connectivity index (χ4n) is 2.51. The summed E-state index contributed by atoms with van der Waals surface area (Å²) in [5.74, 6) is 0. The topological polar surface area (TPSA) is 36.0 Å². The molecule has 2 amide bonds. The molecule has 0 unspecified atom stereocenters. The molecule has 0 radical (unpaired) electrons. The van der Waals surface area contributed by atoms with Crippen LogP contribution in [0.2, 0.25) is 0 Å². The second kappa shape index (κ2) is 10.9. The summed E-state index contributed by atoms with van der Waals surface area (Å²) in [6.07, 6.45) is 2.69. The van der Waals surface area contributed by atoms with E-state index in [1.807, 2.05) is 38.1 Å². The molecular formula is C20H31N3O2S. The van der Waals surface area contributed by atoms with Crippen molar-refractivity contribution >= 4 is 34.6 Å². The molecule has 0 aliphatic rings. The fourth-order valence-corrected chi connectivity index (χ4v) is 2.68. The number of rotatable bonds is 9. The predicted octanol–water partition coefficient (Wildman–Crippen LogP) is 5.03. The zero-order valence-corrected chi connectivity index (χ0v) is 17.4. The summed E-state index contributed by atoms with van der Waals surface area (Å²) in [7, 11) is 3.10. The van der Waals surface area contributed by atoms with Gasteiger partial charge >= 0.3 is 6.03 Å². The molecule has 0 N–H and O–H groups in total. The minimum atomic E-state index is -0.192. The summed E-state index contributed by atoms with van der Waals surface area (Å²) in [5, 5.41) is 1.24. The van der Waals surface area contributed by atoms with Crippen LogP contribution in [-0.4, -0.2) is 43.3 Å². The molecule has 0 aromatic heterocycles. The lowest BCUT2D eigenvalue weighted by molar-refractivity contribution is -0.0622. The van der Waals surface area contributed by atoms with Gasteiger partial charge in [-0.05, 0) is 38.0 Å². The Morgan fingerprint density at radius 2 is 1.85 bits per heavy atom. The number of hydroxylamine groups is 2. The third-order valence-corrected chi connectivity index (χ3v) is 4.50. The van der Waals surface area contributed by atoms with Crippen LogP contribution in [0.5, 0.6) is 0 Å². The average molecular weight is 378 g/mol.